The van der Waals surface area contributed by atoms with Gasteiger partial charge in [-0.05, 0) is 33.1 Å². The maximum atomic E-state index is 12.6. The van der Waals surface area contributed by atoms with Crippen molar-refractivity contribution in [3.63, 3.8) is 0 Å². The standard InChI is InChI=1S/C17H28N4O2/c1-12-14(13(2)19(3)18-12)11-17(23)21-9-7-20(8-10-21)15-5-4-6-16(15)22/h15-16,22H,4-11H2,1-3H3/t15-,16+/m0/s1. The van der Waals surface area contributed by atoms with Crippen LogP contribution in [0.2, 0.25) is 0 Å². The second-order valence-corrected chi connectivity index (χ2v) is 6.93. The first-order valence-electron chi connectivity index (χ1n) is 8.66. The van der Waals surface area contributed by atoms with Crippen LogP contribution in [0.4, 0.5) is 0 Å². The highest BCUT2D eigenvalue weighted by atomic mass is 16.3. The van der Waals surface area contributed by atoms with Crippen LogP contribution >= 0.6 is 0 Å². The summed E-state index contributed by atoms with van der Waals surface area (Å²) in [5, 5.41) is 14.4. The number of amides is 1. The number of aliphatic hydroxyl groups excluding tert-OH is 1. The van der Waals surface area contributed by atoms with Crippen molar-refractivity contribution in [2.24, 2.45) is 7.05 Å². The molecule has 2 fully saturated rings. The van der Waals surface area contributed by atoms with Gasteiger partial charge in [0.25, 0.3) is 0 Å². The van der Waals surface area contributed by atoms with Crippen molar-refractivity contribution in [3.05, 3.63) is 17.0 Å². The second kappa shape index (κ2) is 6.61. The minimum absolute atomic E-state index is 0.182. The van der Waals surface area contributed by atoms with Gasteiger partial charge < -0.3 is 10.0 Å². The van der Waals surface area contributed by atoms with E-state index in [1.54, 1.807) is 0 Å². The number of nitrogens with zero attached hydrogens (tertiary/aromatic N) is 4. The van der Waals surface area contributed by atoms with Crippen LogP contribution in [-0.2, 0) is 18.3 Å². The van der Waals surface area contributed by atoms with E-state index in [0.717, 1.165) is 62.4 Å². The van der Waals surface area contributed by atoms with E-state index < -0.39 is 0 Å². The third kappa shape index (κ3) is 3.28. The van der Waals surface area contributed by atoms with Gasteiger partial charge in [-0.3, -0.25) is 14.4 Å². The highest BCUT2D eigenvalue weighted by Gasteiger charge is 2.33. The summed E-state index contributed by atoms with van der Waals surface area (Å²) >= 11 is 0. The van der Waals surface area contributed by atoms with Gasteiger partial charge in [-0.25, -0.2) is 0 Å². The first kappa shape index (κ1) is 16.5. The molecule has 3 rings (SSSR count). The fourth-order valence-electron chi connectivity index (χ4n) is 3.99. The van der Waals surface area contributed by atoms with Gasteiger partial charge in [-0.15, -0.1) is 0 Å². The molecule has 23 heavy (non-hydrogen) atoms. The molecule has 1 aliphatic carbocycles. The van der Waals surface area contributed by atoms with Gasteiger partial charge in [0.15, 0.2) is 0 Å². The quantitative estimate of drug-likeness (QED) is 0.888. The molecule has 1 saturated heterocycles. The molecule has 6 heteroatoms. The average molecular weight is 320 g/mol. The van der Waals surface area contributed by atoms with Gasteiger partial charge in [0.05, 0.1) is 18.2 Å². The van der Waals surface area contributed by atoms with Crippen molar-refractivity contribution in [2.45, 2.75) is 51.7 Å². The zero-order valence-corrected chi connectivity index (χ0v) is 14.5. The Morgan fingerprint density at radius 1 is 1.22 bits per heavy atom. The lowest BCUT2D eigenvalue weighted by molar-refractivity contribution is -0.132. The summed E-state index contributed by atoms with van der Waals surface area (Å²) in [6, 6.07) is 0.301. The van der Waals surface area contributed by atoms with Gasteiger partial charge >= 0.3 is 0 Å². The zero-order valence-electron chi connectivity index (χ0n) is 14.5. The summed E-state index contributed by atoms with van der Waals surface area (Å²) in [5.41, 5.74) is 3.08. The van der Waals surface area contributed by atoms with Crippen molar-refractivity contribution < 1.29 is 9.90 Å². The van der Waals surface area contributed by atoms with E-state index in [2.05, 4.69) is 10.00 Å². The van der Waals surface area contributed by atoms with Crippen molar-refractivity contribution in [1.29, 1.82) is 0 Å². The number of aryl methyl sites for hydroxylation is 2. The van der Waals surface area contributed by atoms with Crippen LogP contribution in [0.15, 0.2) is 0 Å². The maximum absolute atomic E-state index is 12.6. The molecule has 1 N–H and O–H groups in total. The molecule has 6 nitrogen and oxygen atoms in total. The van der Waals surface area contributed by atoms with Gasteiger partial charge in [0.1, 0.15) is 0 Å². The first-order chi connectivity index (χ1) is 11.0. The van der Waals surface area contributed by atoms with Crippen LogP contribution in [0.3, 0.4) is 0 Å². The Hall–Kier alpha value is -1.40. The van der Waals surface area contributed by atoms with Crippen molar-refractivity contribution >= 4 is 5.91 Å². The predicted molar refractivity (Wildman–Crippen MR) is 88.2 cm³/mol. The monoisotopic (exact) mass is 320 g/mol. The summed E-state index contributed by atoms with van der Waals surface area (Å²) in [5.74, 6) is 0.191. The van der Waals surface area contributed by atoms with Crippen LogP contribution in [0, 0.1) is 13.8 Å². The van der Waals surface area contributed by atoms with Crippen LogP contribution in [0.25, 0.3) is 0 Å². The third-order valence-corrected chi connectivity index (χ3v) is 5.57. The number of hydrogen-bond donors (Lipinski definition) is 1. The van der Waals surface area contributed by atoms with E-state index in [1.807, 2.05) is 30.5 Å². The number of rotatable bonds is 3. The van der Waals surface area contributed by atoms with E-state index in [1.165, 1.54) is 0 Å². The highest BCUT2D eigenvalue weighted by Crippen LogP contribution is 2.25. The lowest BCUT2D eigenvalue weighted by atomic mass is 10.1. The fraction of sp³-hybridized carbons (Fsp3) is 0.765. The molecule has 2 heterocycles. The van der Waals surface area contributed by atoms with E-state index >= 15 is 0 Å². The fourth-order valence-corrected chi connectivity index (χ4v) is 3.99. The normalized spacial score (nSPS) is 26.0. The van der Waals surface area contributed by atoms with E-state index in [-0.39, 0.29) is 12.0 Å². The van der Waals surface area contributed by atoms with Gasteiger partial charge in [-0.1, -0.05) is 0 Å². The molecular weight excluding hydrogens is 292 g/mol. The number of piperazine rings is 1. The number of carbonyl (C=O) groups excluding carboxylic acids is 1. The zero-order chi connectivity index (χ0) is 16.6. The summed E-state index contributed by atoms with van der Waals surface area (Å²) in [6.07, 6.45) is 3.38. The number of carbonyl (C=O) groups is 1. The van der Waals surface area contributed by atoms with Gasteiger partial charge in [-0.2, -0.15) is 5.10 Å². The molecule has 0 unspecified atom stereocenters. The third-order valence-electron chi connectivity index (χ3n) is 5.57. The van der Waals surface area contributed by atoms with E-state index in [0.29, 0.717) is 12.5 Å². The first-order valence-corrected chi connectivity index (χ1v) is 8.66. The molecule has 2 aliphatic rings. The summed E-state index contributed by atoms with van der Waals surface area (Å²) in [4.78, 5) is 16.9. The number of hydrogen-bond acceptors (Lipinski definition) is 4. The molecule has 0 spiro atoms. The van der Waals surface area contributed by atoms with Crippen molar-refractivity contribution in [1.82, 2.24) is 19.6 Å². The minimum atomic E-state index is -0.182. The highest BCUT2D eigenvalue weighted by molar-refractivity contribution is 5.79. The van der Waals surface area contributed by atoms with Crippen LogP contribution in [-0.4, -0.2) is 68.9 Å². The van der Waals surface area contributed by atoms with Crippen molar-refractivity contribution in [2.75, 3.05) is 26.2 Å². The van der Waals surface area contributed by atoms with Gasteiger partial charge in [0.2, 0.25) is 5.91 Å². The molecule has 128 valence electrons. The molecule has 1 amide bonds. The van der Waals surface area contributed by atoms with Gasteiger partial charge in [0, 0.05) is 50.5 Å². The smallest absolute Gasteiger partial charge is 0.227 e. The average Bonchev–Trinajstić information content (AvgIpc) is 3.06. The van der Waals surface area contributed by atoms with Crippen LogP contribution in [0.1, 0.15) is 36.2 Å². The largest absolute Gasteiger partial charge is 0.391 e. The van der Waals surface area contributed by atoms with Crippen LogP contribution < -0.4 is 0 Å². The van der Waals surface area contributed by atoms with E-state index in [4.69, 9.17) is 0 Å². The van der Waals surface area contributed by atoms with Crippen molar-refractivity contribution in [3.8, 4) is 0 Å². The second-order valence-electron chi connectivity index (χ2n) is 6.93. The molecule has 0 bridgehead atoms. The Labute approximate surface area is 138 Å². The topological polar surface area (TPSA) is 61.6 Å². The lowest BCUT2D eigenvalue weighted by Gasteiger charge is -2.39. The SMILES string of the molecule is Cc1nn(C)c(C)c1CC(=O)N1CCN([C@H]2CCC[C@H]2O)CC1. The Kier molecular flexibility index (Phi) is 4.73. The molecule has 1 aromatic heterocycles. The summed E-state index contributed by atoms with van der Waals surface area (Å²) in [7, 11) is 1.92. The Bertz CT molecular complexity index is 575. The number of aliphatic hydroxyl groups is 1. The summed E-state index contributed by atoms with van der Waals surface area (Å²) in [6.45, 7) is 7.26. The molecule has 1 aromatic rings. The molecule has 1 saturated carbocycles. The predicted octanol–water partition coefficient (Wildman–Crippen LogP) is 0.637. The molecule has 2 atom stereocenters. The number of aromatic nitrogens is 2. The summed E-state index contributed by atoms with van der Waals surface area (Å²) < 4.78 is 1.84. The molecule has 0 aromatic carbocycles. The Morgan fingerprint density at radius 3 is 2.43 bits per heavy atom. The molecule has 1 aliphatic heterocycles. The minimum Gasteiger partial charge on any atom is -0.391 e. The molecular formula is C17H28N4O2. The lowest BCUT2D eigenvalue weighted by Crippen LogP contribution is -2.53. The maximum Gasteiger partial charge on any atom is 0.227 e. The Morgan fingerprint density at radius 2 is 1.91 bits per heavy atom. The Balaban J connectivity index is 1.56. The molecule has 0 radical (unpaired) electrons. The van der Waals surface area contributed by atoms with E-state index in [9.17, 15) is 9.90 Å². The van der Waals surface area contributed by atoms with Crippen LogP contribution in [0.5, 0.6) is 0 Å².